The molecule has 0 aromatic carbocycles. The van der Waals surface area contributed by atoms with Crippen LogP contribution in [0.1, 0.15) is 5.69 Å². The molecule has 6 nitrogen and oxygen atoms in total. The molecule has 1 heterocycles. The Balaban J connectivity index is 2.88. The smallest absolute Gasteiger partial charge is 0.151 e. The average Bonchev–Trinajstić information content (AvgIpc) is 2.29. The van der Waals surface area contributed by atoms with Crippen molar-refractivity contribution >= 4 is 5.82 Å². The first-order valence-corrected chi connectivity index (χ1v) is 4.80. The molecule has 1 aromatic rings. The van der Waals surface area contributed by atoms with E-state index in [1.165, 1.54) is 0 Å². The molecule has 84 valence electrons. The number of aromatic nitrogens is 2. The van der Waals surface area contributed by atoms with Crippen molar-refractivity contribution in [1.29, 1.82) is 0 Å². The molecule has 1 aromatic heterocycles. The standard InChI is InChI=1S/C9H16N4O2/c10-7-8-9(12-2-1-11-8)13(3-5-14)4-6-15/h1-2,14-15H,3-7,10H2. The highest BCUT2D eigenvalue weighted by Crippen LogP contribution is 2.13. The summed E-state index contributed by atoms with van der Waals surface area (Å²) in [6.07, 6.45) is 3.14. The second kappa shape index (κ2) is 6.28. The maximum absolute atomic E-state index is 8.89. The first-order valence-electron chi connectivity index (χ1n) is 4.80. The van der Waals surface area contributed by atoms with Crippen molar-refractivity contribution in [3.8, 4) is 0 Å². The highest BCUT2D eigenvalue weighted by atomic mass is 16.3. The van der Waals surface area contributed by atoms with Crippen LogP contribution < -0.4 is 10.6 Å². The van der Waals surface area contributed by atoms with Gasteiger partial charge >= 0.3 is 0 Å². The number of nitrogens with zero attached hydrogens (tertiary/aromatic N) is 3. The van der Waals surface area contributed by atoms with Crippen molar-refractivity contribution in [3.05, 3.63) is 18.1 Å². The lowest BCUT2D eigenvalue weighted by molar-refractivity contribution is 0.280. The second-order valence-electron chi connectivity index (χ2n) is 2.97. The van der Waals surface area contributed by atoms with Crippen molar-refractivity contribution < 1.29 is 10.2 Å². The summed E-state index contributed by atoms with van der Waals surface area (Å²) >= 11 is 0. The van der Waals surface area contributed by atoms with Crippen LogP contribution in [0, 0.1) is 0 Å². The van der Waals surface area contributed by atoms with E-state index in [0.717, 1.165) is 0 Å². The number of aliphatic hydroxyl groups is 2. The van der Waals surface area contributed by atoms with Gasteiger partial charge in [-0.05, 0) is 0 Å². The van der Waals surface area contributed by atoms with Crippen LogP contribution in [0.15, 0.2) is 12.4 Å². The van der Waals surface area contributed by atoms with Gasteiger partial charge in [0.25, 0.3) is 0 Å². The van der Waals surface area contributed by atoms with Gasteiger partial charge in [-0.1, -0.05) is 0 Å². The Morgan fingerprint density at radius 2 is 1.73 bits per heavy atom. The van der Waals surface area contributed by atoms with Crippen molar-refractivity contribution in [2.75, 3.05) is 31.2 Å². The zero-order chi connectivity index (χ0) is 11.1. The van der Waals surface area contributed by atoms with Crippen LogP contribution in [0.2, 0.25) is 0 Å². The van der Waals surface area contributed by atoms with Crippen LogP contribution in [-0.4, -0.2) is 46.5 Å². The molecule has 0 aliphatic heterocycles. The lowest BCUT2D eigenvalue weighted by Gasteiger charge is -2.23. The summed E-state index contributed by atoms with van der Waals surface area (Å²) in [4.78, 5) is 10.00. The number of rotatable bonds is 6. The van der Waals surface area contributed by atoms with Gasteiger partial charge in [-0.25, -0.2) is 4.98 Å². The topological polar surface area (TPSA) is 95.5 Å². The molecule has 15 heavy (non-hydrogen) atoms. The molecule has 0 fully saturated rings. The Kier molecular flexibility index (Phi) is 4.96. The molecule has 0 aliphatic carbocycles. The molecule has 0 saturated carbocycles. The zero-order valence-electron chi connectivity index (χ0n) is 8.50. The Bertz CT molecular complexity index is 289. The van der Waals surface area contributed by atoms with Crippen LogP contribution in [0.25, 0.3) is 0 Å². The second-order valence-corrected chi connectivity index (χ2v) is 2.97. The fraction of sp³-hybridized carbons (Fsp3) is 0.556. The van der Waals surface area contributed by atoms with E-state index in [4.69, 9.17) is 15.9 Å². The lowest BCUT2D eigenvalue weighted by atomic mass is 10.3. The van der Waals surface area contributed by atoms with Gasteiger partial charge in [-0.15, -0.1) is 0 Å². The molecule has 0 amide bonds. The van der Waals surface area contributed by atoms with E-state index in [-0.39, 0.29) is 19.8 Å². The normalized spacial score (nSPS) is 10.3. The average molecular weight is 212 g/mol. The fourth-order valence-corrected chi connectivity index (χ4v) is 1.33. The van der Waals surface area contributed by atoms with Crippen LogP contribution in [0.5, 0.6) is 0 Å². The van der Waals surface area contributed by atoms with E-state index < -0.39 is 0 Å². The van der Waals surface area contributed by atoms with Crippen molar-refractivity contribution in [3.63, 3.8) is 0 Å². The number of hydrogen-bond donors (Lipinski definition) is 3. The molecule has 0 aliphatic rings. The number of anilines is 1. The molecule has 0 unspecified atom stereocenters. The van der Waals surface area contributed by atoms with E-state index in [0.29, 0.717) is 24.6 Å². The number of aliphatic hydroxyl groups excluding tert-OH is 2. The number of hydrogen-bond acceptors (Lipinski definition) is 6. The van der Waals surface area contributed by atoms with Crippen molar-refractivity contribution in [1.82, 2.24) is 9.97 Å². The van der Waals surface area contributed by atoms with Gasteiger partial charge in [-0.3, -0.25) is 4.98 Å². The predicted molar refractivity (Wildman–Crippen MR) is 56.3 cm³/mol. The summed E-state index contributed by atoms with van der Waals surface area (Å²) in [7, 11) is 0. The van der Waals surface area contributed by atoms with E-state index >= 15 is 0 Å². The minimum Gasteiger partial charge on any atom is -0.395 e. The summed E-state index contributed by atoms with van der Waals surface area (Å²) in [6.45, 7) is 1.11. The van der Waals surface area contributed by atoms with Crippen LogP contribution in [0.4, 0.5) is 5.82 Å². The van der Waals surface area contributed by atoms with Gasteiger partial charge in [0, 0.05) is 32.0 Å². The Morgan fingerprint density at radius 3 is 2.27 bits per heavy atom. The first kappa shape index (κ1) is 11.8. The molecule has 0 atom stereocenters. The van der Waals surface area contributed by atoms with Gasteiger partial charge < -0.3 is 20.8 Å². The highest BCUT2D eigenvalue weighted by Gasteiger charge is 2.11. The highest BCUT2D eigenvalue weighted by molar-refractivity contribution is 5.42. The molecule has 0 saturated heterocycles. The number of nitrogens with two attached hydrogens (primary N) is 1. The molecule has 0 spiro atoms. The first-order chi connectivity index (χ1) is 7.33. The molecule has 6 heteroatoms. The van der Waals surface area contributed by atoms with E-state index in [2.05, 4.69) is 9.97 Å². The fourth-order valence-electron chi connectivity index (χ4n) is 1.33. The Labute approximate surface area is 88.4 Å². The third kappa shape index (κ3) is 3.12. The molecule has 0 radical (unpaired) electrons. The van der Waals surface area contributed by atoms with E-state index in [1.807, 2.05) is 0 Å². The SMILES string of the molecule is NCc1nccnc1N(CCO)CCO. The van der Waals surface area contributed by atoms with Crippen molar-refractivity contribution in [2.45, 2.75) is 6.54 Å². The molecule has 4 N–H and O–H groups in total. The lowest BCUT2D eigenvalue weighted by Crippen LogP contribution is -2.32. The summed E-state index contributed by atoms with van der Waals surface area (Å²) in [5.41, 5.74) is 6.19. The van der Waals surface area contributed by atoms with Crippen molar-refractivity contribution in [2.24, 2.45) is 5.73 Å². The Morgan fingerprint density at radius 1 is 1.13 bits per heavy atom. The van der Waals surface area contributed by atoms with Gasteiger partial charge in [0.05, 0.1) is 18.9 Å². The van der Waals surface area contributed by atoms with Gasteiger partial charge in [0.15, 0.2) is 5.82 Å². The third-order valence-electron chi connectivity index (χ3n) is 1.98. The van der Waals surface area contributed by atoms with Crippen LogP contribution in [-0.2, 0) is 6.54 Å². The summed E-state index contributed by atoms with van der Waals surface area (Å²) in [6, 6.07) is 0. The molecular weight excluding hydrogens is 196 g/mol. The van der Waals surface area contributed by atoms with E-state index in [1.54, 1.807) is 17.3 Å². The summed E-state index contributed by atoms with van der Waals surface area (Å²) in [5, 5.41) is 17.8. The van der Waals surface area contributed by atoms with Crippen LogP contribution in [0.3, 0.4) is 0 Å². The van der Waals surface area contributed by atoms with Gasteiger partial charge in [0.2, 0.25) is 0 Å². The molecular formula is C9H16N4O2. The van der Waals surface area contributed by atoms with Gasteiger partial charge in [-0.2, -0.15) is 0 Å². The predicted octanol–water partition coefficient (Wildman–Crippen LogP) is -1.27. The van der Waals surface area contributed by atoms with E-state index in [9.17, 15) is 0 Å². The quantitative estimate of drug-likeness (QED) is 0.544. The maximum atomic E-state index is 8.89. The molecule has 1 rings (SSSR count). The zero-order valence-corrected chi connectivity index (χ0v) is 8.50. The largest absolute Gasteiger partial charge is 0.395 e. The Hall–Kier alpha value is -1.24. The maximum Gasteiger partial charge on any atom is 0.151 e. The summed E-state index contributed by atoms with van der Waals surface area (Å²) < 4.78 is 0. The third-order valence-corrected chi connectivity index (χ3v) is 1.98. The molecule has 0 bridgehead atoms. The van der Waals surface area contributed by atoms with Gasteiger partial charge in [0.1, 0.15) is 0 Å². The minimum atomic E-state index is 0.000581. The monoisotopic (exact) mass is 212 g/mol. The van der Waals surface area contributed by atoms with Crippen LogP contribution >= 0.6 is 0 Å². The summed E-state index contributed by atoms with van der Waals surface area (Å²) in [5.74, 6) is 0.628. The minimum absolute atomic E-state index is 0.000581.